The van der Waals surface area contributed by atoms with Gasteiger partial charge in [-0.2, -0.15) is 0 Å². The zero-order valence-electron chi connectivity index (χ0n) is 9.78. The second kappa shape index (κ2) is 5.26. The molecule has 2 unspecified atom stereocenters. The molecule has 1 heterocycles. The molecule has 1 saturated heterocycles. The summed E-state index contributed by atoms with van der Waals surface area (Å²) in [7, 11) is 0. The Labute approximate surface area is 97.1 Å². The van der Waals surface area contributed by atoms with Gasteiger partial charge in [0.05, 0.1) is 0 Å². The molecule has 2 heteroatoms. The molecule has 16 heavy (non-hydrogen) atoms. The molecule has 2 atom stereocenters. The van der Waals surface area contributed by atoms with Crippen LogP contribution in [-0.2, 0) is 11.2 Å². The summed E-state index contributed by atoms with van der Waals surface area (Å²) in [5.41, 5.74) is 1.31. The summed E-state index contributed by atoms with van der Waals surface area (Å²) in [5, 5.41) is 3.56. The van der Waals surface area contributed by atoms with Crippen molar-refractivity contribution in [3.05, 3.63) is 35.9 Å². The number of rotatable bonds is 3. The average Bonchev–Trinajstić information content (AvgIpc) is 2.29. The van der Waals surface area contributed by atoms with Crippen molar-refractivity contribution < 1.29 is 4.79 Å². The minimum atomic E-state index is 0.327. The molecule has 0 aromatic heterocycles. The van der Waals surface area contributed by atoms with Gasteiger partial charge in [0.25, 0.3) is 0 Å². The van der Waals surface area contributed by atoms with Gasteiger partial charge in [-0.1, -0.05) is 37.3 Å². The van der Waals surface area contributed by atoms with E-state index in [1.807, 2.05) is 6.07 Å². The van der Waals surface area contributed by atoms with E-state index in [-0.39, 0.29) is 0 Å². The molecule has 1 aromatic rings. The minimum absolute atomic E-state index is 0.327. The van der Waals surface area contributed by atoms with E-state index < -0.39 is 0 Å². The summed E-state index contributed by atoms with van der Waals surface area (Å²) < 4.78 is 0. The molecule has 2 rings (SSSR count). The van der Waals surface area contributed by atoms with Gasteiger partial charge in [-0.15, -0.1) is 0 Å². The summed E-state index contributed by atoms with van der Waals surface area (Å²) in [6.07, 6.45) is 3.40. The maximum Gasteiger partial charge on any atom is 0.136 e. The monoisotopic (exact) mass is 217 g/mol. The molecule has 0 bridgehead atoms. The normalized spacial score (nSPS) is 25.7. The number of nitrogens with one attached hydrogen (secondary N) is 1. The molecule has 0 amide bonds. The molecule has 0 spiro atoms. The van der Waals surface area contributed by atoms with Crippen LogP contribution < -0.4 is 5.32 Å². The quantitative estimate of drug-likeness (QED) is 0.842. The van der Waals surface area contributed by atoms with Gasteiger partial charge in [-0.25, -0.2) is 0 Å². The third-order valence-electron chi connectivity index (χ3n) is 3.24. The Morgan fingerprint density at radius 1 is 1.19 bits per heavy atom. The highest BCUT2D eigenvalue weighted by Crippen LogP contribution is 2.15. The van der Waals surface area contributed by atoms with Crippen molar-refractivity contribution in [3.63, 3.8) is 0 Å². The van der Waals surface area contributed by atoms with Gasteiger partial charge in [-0.05, 0) is 18.4 Å². The van der Waals surface area contributed by atoms with Crippen LogP contribution in [0.2, 0.25) is 0 Å². The van der Waals surface area contributed by atoms with Crippen LogP contribution in [0.1, 0.15) is 31.7 Å². The van der Waals surface area contributed by atoms with E-state index in [2.05, 4.69) is 36.5 Å². The lowest BCUT2D eigenvalue weighted by atomic mass is 9.92. The van der Waals surface area contributed by atoms with Crippen LogP contribution in [0.4, 0.5) is 0 Å². The predicted molar refractivity (Wildman–Crippen MR) is 65.4 cm³/mol. The van der Waals surface area contributed by atoms with E-state index in [1.165, 1.54) is 5.56 Å². The Morgan fingerprint density at radius 2 is 1.88 bits per heavy atom. The van der Waals surface area contributed by atoms with Gasteiger partial charge in [0, 0.05) is 24.9 Å². The van der Waals surface area contributed by atoms with Gasteiger partial charge in [0.15, 0.2) is 0 Å². The van der Waals surface area contributed by atoms with Crippen molar-refractivity contribution in [2.45, 2.75) is 44.7 Å². The average molecular weight is 217 g/mol. The fourth-order valence-corrected chi connectivity index (χ4v) is 2.38. The van der Waals surface area contributed by atoms with Crippen LogP contribution in [-0.4, -0.2) is 17.9 Å². The number of carbonyl (C=O) groups excluding carboxylic acids is 1. The Balaban J connectivity index is 1.97. The molecule has 0 aliphatic carbocycles. The summed E-state index contributed by atoms with van der Waals surface area (Å²) in [4.78, 5) is 11.6. The maximum absolute atomic E-state index is 11.6. The zero-order valence-corrected chi connectivity index (χ0v) is 9.78. The molecular weight excluding hydrogens is 198 g/mol. The summed E-state index contributed by atoms with van der Waals surface area (Å²) >= 11 is 0. The van der Waals surface area contributed by atoms with Crippen molar-refractivity contribution in [1.82, 2.24) is 5.32 Å². The van der Waals surface area contributed by atoms with Crippen molar-refractivity contribution in [1.29, 1.82) is 0 Å². The van der Waals surface area contributed by atoms with Crippen LogP contribution in [0, 0.1) is 0 Å². The van der Waals surface area contributed by atoms with Crippen LogP contribution in [0.3, 0.4) is 0 Å². The number of carbonyl (C=O) groups is 1. The van der Waals surface area contributed by atoms with Gasteiger partial charge in [-0.3, -0.25) is 4.79 Å². The molecule has 2 nitrogen and oxygen atoms in total. The highest BCUT2D eigenvalue weighted by atomic mass is 16.1. The van der Waals surface area contributed by atoms with Crippen LogP contribution >= 0.6 is 0 Å². The number of Topliss-reactive ketones (excluding diaryl/α,β-unsaturated/α-hetero) is 1. The zero-order chi connectivity index (χ0) is 11.4. The molecule has 0 saturated carbocycles. The highest BCUT2D eigenvalue weighted by molar-refractivity contribution is 5.80. The first kappa shape index (κ1) is 11.3. The third-order valence-corrected chi connectivity index (χ3v) is 3.24. The van der Waals surface area contributed by atoms with E-state index in [4.69, 9.17) is 0 Å². The molecular formula is C14H19NO. The van der Waals surface area contributed by atoms with Crippen LogP contribution in [0.25, 0.3) is 0 Å². The van der Waals surface area contributed by atoms with Gasteiger partial charge in [0.1, 0.15) is 5.78 Å². The van der Waals surface area contributed by atoms with Crippen molar-refractivity contribution in [2.75, 3.05) is 0 Å². The largest absolute Gasteiger partial charge is 0.310 e. The Bertz CT molecular complexity index is 347. The van der Waals surface area contributed by atoms with Gasteiger partial charge < -0.3 is 5.32 Å². The van der Waals surface area contributed by atoms with Crippen molar-refractivity contribution in [3.8, 4) is 0 Å². The van der Waals surface area contributed by atoms with Crippen LogP contribution in [0.15, 0.2) is 30.3 Å². The first-order valence-corrected chi connectivity index (χ1v) is 6.09. The van der Waals surface area contributed by atoms with Crippen molar-refractivity contribution >= 4 is 5.78 Å². The first-order chi connectivity index (χ1) is 7.78. The highest BCUT2D eigenvalue weighted by Gasteiger charge is 2.25. The minimum Gasteiger partial charge on any atom is -0.310 e. The van der Waals surface area contributed by atoms with E-state index in [1.54, 1.807) is 0 Å². The summed E-state index contributed by atoms with van der Waals surface area (Å²) in [6, 6.07) is 11.1. The lowest BCUT2D eigenvalue weighted by molar-refractivity contribution is -0.121. The summed E-state index contributed by atoms with van der Waals surface area (Å²) in [6.45, 7) is 2.13. The lowest BCUT2D eigenvalue weighted by Crippen LogP contribution is -2.46. The Hall–Kier alpha value is -1.15. The fraction of sp³-hybridized carbons (Fsp3) is 0.500. The smallest absolute Gasteiger partial charge is 0.136 e. The van der Waals surface area contributed by atoms with E-state index >= 15 is 0 Å². The number of hydrogen-bond donors (Lipinski definition) is 1. The molecule has 1 aliphatic heterocycles. The Kier molecular flexibility index (Phi) is 3.73. The maximum atomic E-state index is 11.6. The molecule has 1 N–H and O–H groups in total. The molecule has 1 fully saturated rings. The topological polar surface area (TPSA) is 29.1 Å². The molecule has 0 radical (unpaired) electrons. The summed E-state index contributed by atoms with van der Waals surface area (Å²) in [5.74, 6) is 0.409. The molecule has 86 valence electrons. The fourth-order valence-electron chi connectivity index (χ4n) is 2.38. The number of hydrogen-bond acceptors (Lipinski definition) is 2. The van der Waals surface area contributed by atoms with E-state index in [0.717, 1.165) is 12.8 Å². The number of ketones is 1. The standard InChI is InChI=1S/C14H19NO/c1-2-12-9-14(16)10-13(15-12)8-11-6-4-3-5-7-11/h3-7,12-13,15H,2,8-10H2,1H3. The van der Waals surface area contributed by atoms with Gasteiger partial charge in [0.2, 0.25) is 0 Å². The third kappa shape index (κ3) is 2.92. The first-order valence-electron chi connectivity index (χ1n) is 6.09. The second-order valence-electron chi connectivity index (χ2n) is 4.61. The molecule has 1 aliphatic rings. The SMILES string of the molecule is CCC1CC(=O)CC(Cc2ccccc2)N1. The predicted octanol–water partition coefficient (Wildman–Crippen LogP) is 2.33. The van der Waals surface area contributed by atoms with Crippen molar-refractivity contribution in [2.24, 2.45) is 0 Å². The van der Waals surface area contributed by atoms with Gasteiger partial charge >= 0.3 is 0 Å². The Morgan fingerprint density at radius 3 is 2.56 bits per heavy atom. The second-order valence-corrected chi connectivity index (χ2v) is 4.61. The lowest BCUT2D eigenvalue weighted by Gasteiger charge is -2.29. The van der Waals surface area contributed by atoms with E-state index in [9.17, 15) is 4.79 Å². The van der Waals surface area contributed by atoms with Crippen LogP contribution in [0.5, 0.6) is 0 Å². The number of piperidine rings is 1. The molecule has 1 aromatic carbocycles. The number of benzene rings is 1. The van der Waals surface area contributed by atoms with E-state index in [0.29, 0.717) is 30.7 Å².